The molecule has 0 saturated heterocycles. The Morgan fingerprint density at radius 1 is 1.17 bits per heavy atom. The molecule has 1 aromatic rings. The van der Waals surface area contributed by atoms with Crippen molar-refractivity contribution >= 4 is 27.3 Å². The molecule has 0 heterocycles. The Morgan fingerprint density at radius 2 is 1.83 bits per heavy atom. The molecule has 0 bridgehead atoms. The molecule has 5 nitrogen and oxygen atoms in total. The van der Waals surface area contributed by atoms with E-state index in [9.17, 15) is 26.4 Å². The molecule has 0 saturated carbocycles. The van der Waals surface area contributed by atoms with Crippen LogP contribution >= 0.6 is 0 Å². The fourth-order valence-electron chi connectivity index (χ4n) is 1.54. The van der Waals surface area contributed by atoms with Crippen molar-refractivity contribution in [1.82, 2.24) is 0 Å². The van der Waals surface area contributed by atoms with E-state index in [-0.39, 0.29) is 11.4 Å². The number of carbonyl (C=O) groups is 1. The second-order valence-corrected chi connectivity index (χ2v) is 6.25. The largest absolute Gasteiger partial charge is 0.416 e. The predicted molar refractivity (Wildman–Crippen MR) is 82.5 cm³/mol. The number of hydrogen-bond acceptors (Lipinski definition) is 3. The standard InChI is InChI=1S/C14H15F3N2O3S/c1-3-4-5-6-13(20)18-12-9-10(14(15,16)17)7-8-11(12)19-23(2,21)22/h3-9,19H,1-2H3,(H,18,20). The lowest BCUT2D eigenvalue weighted by atomic mass is 10.1. The Labute approximate surface area is 131 Å². The van der Waals surface area contributed by atoms with Crippen LogP contribution in [0.25, 0.3) is 0 Å². The van der Waals surface area contributed by atoms with Gasteiger partial charge in [0.05, 0.1) is 23.2 Å². The van der Waals surface area contributed by atoms with E-state index in [1.54, 1.807) is 19.1 Å². The van der Waals surface area contributed by atoms with Gasteiger partial charge in [-0.3, -0.25) is 9.52 Å². The lowest BCUT2D eigenvalue weighted by Gasteiger charge is -2.14. The molecule has 126 valence electrons. The predicted octanol–water partition coefficient (Wildman–Crippen LogP) is 3.15. The monoisotopic (exact) mass is 348 g/mol. The van der Waals surface area contributed by atoms with Crippen LogP contribution in [0.3, 0.4) is 0 Å². The van der Waals surface area contributed by atoms with Gasteiger partial charge in [0.1, 0.15) is 0 Å². The van der Waals surface area contributed by atoms with Crippen molar-refractivity contribution in [3.63, 3.8) is 0 Å². The van der Waals surface area contributed by atoms with Gasteiger partial charge in [-0.25, -0.2) is 8.42 Å². The first-order chi connectivity index (χ1) is 10.5. The van der Waals surface area contributed by atoms with Gasteiger partial charge in [-0.05, 0) is 25.1 Å². The van der Waals surface area contributed by atoms with Crippen molar-refractivity contribution in [2.75, 3.05) is 16.3 Å². The van der Waals surface area contributed by atoms with E-state index in [2.05, 4.69) is 10.0 Å². The molecule has 0 aliphatic rings. The highest BCUT2D eigenvalue weighted by Gasteiger charge is 2.31. The lowest BCUT2D eigenvalue weighted by Crippen LogP contribution is -2.16. The number of amides is 1. The maximum absolute atomic E-state index is 12.7. The Balaban J connectivity index is 3.20. The molecule has 23 heavy (non-hydrogen) atoms. The number of hydrogen-bond donors (Lipinski definition) is 2. The number of carbonyl (C=O) groups excluding carboxylic acids is 1. The van der Waals surface area contributed by atoms with E-state index >= 15 is 0 Å². The highest BCUT2D eigenvalue weighted by Crippen LogP contribution is 2.34. The molecule has 9 heteroatoms. The van der Waals surface area contributed by atoms with Gasteiger partial charge in [0.15, 0.2) is 0 Å². The van der Waals surface area contributed by atoms with Crippen LogP contribution in [0.4, 0.5) is 24.5 Å². The summed E-state index contributed by atoms with van der Waals surface area (Å²) in [5.41, 5.74) is -1.46. The zero-order chi connectivity index (χ0) is 17.7. The van der Waals surface area contributed by atoms with Gasteiger partial charge in [-0.15, -0.1) is 0 Å². The van der Waals surface area contributed by atoms with Crippen LogP contribution in [0.2, 0.25) is 0 Å². The molecule has 1 amide bonds. The summed E-state index contributed by atoms with van der Waals surface area (Å²) in [5, 5.41) is 2.22. The normalized spacial score (nSPS) is 12.7. The summed E-state index contributed by atoms with van der Waals surface area (Å²) in [6.45, 7) is 1.73. The maximum atomic E-state index is 12.7. The summed E-state index contributed by atoms with van der Waals surface area (Å²) in [7, 11) is -3.72. The molecule has 0 radical (unpaired) electrons. The second kappa shape index (κ2) is 7.32. The fourth-order valence-corrected chi connectivity index (χ4v) is 2.12. The first-order valence-electron chi connectivity index (χ1n) is 6.32. The van der Waals surface area contributed by atoms with Gasteiger partial charge in [0.2, 0.25) is 15.9 Å². The van der Waals surface area contributed by atoms with E-state index in [4.69, 9.17) is 0 Å². The van der Waals surface area contributed by atoms with E-state index < -0.39 is 27.7 Å². The van der Waals surface area contributed by atoms with Crippen molar-refractivity contribution in [1.29, 1.82) is 0 Å². The molecule has 0 fully saturated rings. The van der Waals surface area contributed by atoms with Crippen LogP contribution in [0.15, 0.2) is 42.5 Å². The average Bonchev–Trinajstić information content (AvgIpc) is 2.38. The topological polar surface area (TPSA) is 75.3 Å². The van der Waals surface area contributed by atoms with Crippen molar-refractivity contribution in [2.45, 2.75) is 13.1 Å². The number of rotatable bonds is 5. The van der Waals surface area contributed by atoms with Crippen LogP contribution < -0.4 is 10.0 Å². The van der Waals surface area contributed by atoms with E-state index in [0.29, 0.717) is 6.07 Å². The smallest absolute Gasteiger partial charge is 0.321 e. The van der Waals surface area contributed by atoms with Crippen LogP contribution in [0.5, 0.6) is 0 Å². The Hall–Kier alpha value is -2.29. The third-order valence-electron chi connectivity index (χ3n) is 2.45. The van der Waals surface area contributed by atoms with E-state index in [0.717, 1.165) is 24.5 Å². The summed E-state index contributed by atoms with van der Waals surface area (Å²) in [6.07, 6.45) is 1.94. The lowest BCUT2D eigenvalue weighted by molar-refractivity contribution is -0.137. The molecule has 1 aromatic carbocycles. The van der Waals surface area contributed by atoms with Gasteiger partial charge >= 0.3 is 6.18 Å². The first kappa shape index (κ1) is 18.8. The van der Waals surface area contributed by atoms with Crippen molar-refractivity contribution in [2.24, 2.45) is 0 Å². The second-order valence-electron chi connectivity index (χ2n) is 4.51. The number of alkyl halides is 3. The van der Waals surface area contributed by atoms with Crippen LogP contribution in [-0.4, -0.2) is 20.6 Å². The highest BCUT2D eigenvalue weighted by atomic mass is 32.2. The maximum Gasteiger partial charge on any atom is 0.416 e. The Bertz CT molecular complexity index is 738. The van der Waals surface area contributed by atoms with E-state index in [1.165, 1.54) is 6.08 Å². The van der Waals surface area contributed by atoms with Gasteiger partial charge in [-0.1, -0.05) is 18.2 Å². The van der Waals surface area contributed by atoms with Crippen LogP contribution in [-0.2, 0) is 21.0 Å². The fraction of sp³-hybridized carbons (Fsp3) is 0.214. The number of allylic oxidation sites excluding steroid dienone is 3. The number of halogens is 3. The molecule has 2 N–H and O–H groups in total. The van der Waals surface area contributed by atoms with Crippen molar-refractivity contribution < 1.29 is 26.4 Å². The Kier molecular flexibility index (Phi) is 5.97. The molecule has 0 unspecified atom stereocenters. The molecule has 1 rings (SSSR count). The zero-order valence-electron chi connectivity index (χ0n) is 12.3. The minimum absolute atomic E-state index is 0.159. The van der Waals surface area contributed by atoms with Crippen LogP contribution in [0, 0.1) is 0 Å². The Morgan fingerprint density at radius 3 is 2.35 bits per heavy atom. The third-order valence-corrected chi connectivity index (χ3v) is 3.04. The zero-order valence-corrected chi connectivity index (χ0v) is 13.1. The first-order valence-corrected chi connectivity index (χ1v) is 8.21. The molecule has 0 aromatic heterocycles. The SMILES string of the molecule is CC=CC=CC(=O)Nc1cc(C(F)(F)F)ccc1NS(C)(=O)=O. The quantitative estimate of drug-likeness (QED) is 0.634. The molecule has 0 spiro atoms. The third kappa shape index (κ3) is 6.55. The van der Waals surface area contributed by atoms with E-state index in [1.807, 2.05) is 0 Å². The van der Waals surface area contributed by atoms with Crippen molar-refractivity contribution in [3.8, 4) is 0 Å². The number of benzene rings is 1. The number of nitrogens with one attached hydrogen (secondary N) is 2. The molecule has 0 aliphatic heterocycles. The van der Waals surface area contributed by atoms with Gasteiger partial charge in [0.25, 0.3) is 0 Å². The summed E-state index contributed by atoms with van der Waals surface area (Å²) < 4.78 is 62.8. The number of anilines is 2. The minimum atomic E-state index is -4.62. The van der Waals surface area contributed by atoms with Gasteiger partial charge in [0, 0.05) is 6.08 Å². The minimum Gasteiger partial charge on any atom is -0.321 e. The summed E-state index contributed by atoms with van der Waals surface area (Å²) >= 11 is 0. The highest BCUT2D eigenvalue weighted by molar-refractivity contribution is 7.92. The van der Waals surface area contributed by atoms with Crippen LogP contribution in [0.1, 0.15) is 12.5 Å². The average molecular weight is 348 g/mol. The molecule has 0 aliphatic carbocycles. The van der Waals surface area contributed by atoms with Crippen molar-refractivity contribution in [3.05, 3.63) is 48.1 Å². The summed E-state index contributed by atoms with van der Waals surface area (Å²) in [4.78, 5) is 11.7. The van der Waals surface area contributed by atoms with Gasteiger partial charge in [-0.2, -0.15) is 13.2 Å². The van der Waals surface area contributed by atoms with Gasteiger partial charge < -0.3 is 5.32 Å². The summed E-state index contributed by atoms with van der Waals surface area (Å²) in [6, 6.07) is 2.32. The molecular weight excluding hydrogens is 333 g/mol. The molecule has 0 atom stereocenters. The summed E-state index contributed by atoms with van der Waals surface area (Å²) in [5.74, 6) is -0.695. The molecular formula is C14H15F3N2O3S. The number of sulfonamides is 1.